The summed E-state index contributed by atoms with van der Waals surface area (Å²) in [5.74, 6) is -0.0714. The van der Waals surface area contributed by atoms with E-state index < -0.39 is 21.8 Å². The molecule has 0 unspecified atom stereocenters. The first-order chi connectivity index (χ1) is 14.6. The zero-order valence-corrected chi connectivity index (χ0v) is 19.0. The number of nitrogens with one attached hydrogen (secondary N) is 3. The Hall–Kier alpha value is -2.91. The van der Waals surface area contributed by atoms with E-state index >= 15 is 0 Å². The van der Waals surface area contributed by atoms with E-state index in [1.54, 1.807) is 36.4 Å². The summed E-state index contributed by atoms with van der Waals surface area (Å²) in [5.41, 5.74) is 5.95. The van der Waals surface area contributed by atoms with Gasteiger partial charge in [0.25, 0.3) is 5.91 Å². The van der Waals surface area contributed by atoms with E-state index in [-0.39, 0.29) is 24.0 Å². The third kappa shape index (κ3) is 7.69. The molecule has 0 aromatic heterocycles. The molecular weight excluding hydrogens is 418 g/mol. The summed E-state index contributed by atoms with van der Waals surface area (Å²) in [6.07, 6.45) is -0.110. The number of carbonyl (C=O) groups is 2. The molecular formula is C22H29N3O5S. The van der Waals surface area contributed by atoms with E-state index in [0.29, 0.717) is 17.2 Å². The van der Waals surface area contributed by atoms with Crippen LogP contribution in [-0.4, -0.2) is 32.9 Å². The van der Waals surface area contributed by atoms with E-state index in [0.717, 1.165) is 5.56 Å². The van der Waals surface area contributed by atoms with Crippen LogP contribution in [0.5, 0.6) is 5.75 Å². The maximum absolute atomic E-state index is 12.3. The zero-order valence-electron chi connectivity index (χ0n) is 18.1. The predicted octanol–water partition coefficient (Wildman–Crippen LogP) is 2.73. The first-order valence-corrected chi connectivity index (χ1v) is 11.5. The Labute approximate surface area is 183 Å². The summed E-state index contributed by atoms with van der Waals surface area (Å²) >= 11 is 0. The molecule has 0 spiro atoms. The second kappa shape index (κ2) is 10.9. The van der Waals surface area contributed by atoms with Crippen molar-refractivity contribution in [2.45, 2.75) is 51.0 Å². The Morgan fingerprint density at radius 3 is 2.06 bits per heavy atom. The molecule has 0 fully saturated rings. The Morgan fingerprint density at radius 2 is 1.52 bits per heavy atom. The molecule has 2 rings (SSSR count). The topological polar surface area (TPSA) is 114 Å². The Bertz CT molecular complexity index is 985. The highest BCUT2D eigenvalue weighted by Crippen LogP contribution is 2.17. The fourth-order valence-corrected chi connectivity index (χ4v) is 3.66. The number of ether oxygens (including phenoxy) is 1. The summed E-state index contributed by atoms with van der Waals surface area (Å²) < 4.78 is 32.5. The summed E-state index contributed by atoms with van der Waals surface area (Å²) in [6, 6.07) is 13.1. The lowest BCUT2D eigenvalue weighted by atomic mass is 10.0. The molecule has 0 heterocycles. The molecule has 0 aliphatic rings. The zero-order chi connectivity index (χ0) is 23.0. The molecule has 0 radical (unpaired) electrons. The highest BCUT2D eigenvalue weighted by atomic mass is 32.2. The van der Waals surface area contributed by atoms with Gasteiger partial charge in [0, 0.05) is 18.5 Å². The molecule has 8 nitrogen and oxygen atoms in total. The van der Waals surface area contributed by atoms with Crippen LogP contribution in [0.3, 0.4) is 0 Å². The summed E-state index contributed by atoms with van der Waals surface area (Å²) in [5, 5.41) is 0. The number of benzene rings is 2. The summed E-state index contributed by atoms with van der Waals surface area (Å²) in [6.45, 7) is 7.75. The van der Waals surface area contributed by atoms with Crippen LogP contribution in [0.4, 0.5) is 0 Å². The number of rotatable bonds is 9. The van der Waals surface area contributed by atoms with Crippen molar-refractivity contribution in [1.82, 2.24) is 15.6 Å². The van der Waals surface area contributed by atoms with E-state index in [4.69, 9.17) is 4.74 Å². The highest BCUT2D eigenvalue weighted by Gasteiger charge is 2.15. The largest absolute Gasteiger partial charge is 0.491 e. The minimum Gasteiger partial charge on any atom is -0.491 e. The van der Waals surface area contributed by atoms with Gasteiger partial charge < -0.3 is 4.74 Å². The van der Waals surface area contributed by atoms with Gasteiger partial charge in [0.1, 0.15) is 5.75 Å². The van der Waals surface area contributed by atoms with Crippen molar-refractivity contribution in [3.8, 4) is 5.75 Å². The monoisotopic (exact) mass is 447 g/mol. The Kier molecular flexibility index (Phi) is 8.58. The number of hydrogen-bond acceptors (Lipinski definition) is 5. The van der Waals surface area contributed by atoms with E-state index in [1.165, 1.54) is 12.1 Å². The maximum Gasteiger partial charge on any atom is 0.269 e. The van der Waals surface area contributed by atoms with Crippen LogP contribution in [-0.2, 0) is 14.8 Å². The molecule has 2 aromatic carbocycles. The van der Waals surface area contributed by atoms with Crippen molar-refractivity contribution in [3.63, 3.8) is 0 Å². The molecule has 0 aliphatic carbocycles. The standard InChI is InChI=1S/C22H29N3O5S/c1-15(2)17-7-11-20(12-8-17)31(28,29)23-14-13-21(26)24-25-22(27)18-5-9-19(10-6-18)30-16(3)4/h5-12,15-16,23H,13-14H2,1-4H3,(H,24,26)(H,25,27). The van der Waals surface area contributed by atoms with Crippen molar-refractivity contribution >= 4 is 21.8 Å². The van der Waals surface area contributed by atoms with Crippen molar-refractivity contribution in [1.29, 1.82) is 0 Å². The van der Waals surface area contributed by atoms with Gasteiger partial charge in [0.05, 0.1) is 11.0 Å². The average molecular weight is 448 g/mol. The molecule has 0 aliphatic heterocycles. The van der Waals surface area contributed by atoms with Gasteiger partial charge in [-0.25, -0.2) is 13.1 Å². The average Bonchev–Trinajstić information content (AvgIpc) is 2.72. The predicted molar refractivity (Wildman–Crippen MR) is 118 cm³/mol. The van der Waals surface area contributed by atoms with Crippen molar-refractivity contribution in [2.24, 2.45) is 0 Å². The molecule has 0 saturated carbocycles. The van der Waals surface area contributed by atoms with Crippen LogP contribution in [0, 0.1) is 0 Å². The fraction of sp³-hybridized carbons (Fsp3) is 0.364. The minimum atomic E-state index is -3.71. The van der Waals surface area contributed by atoms with Crippen molar-refractivity contribution in [3.05, 3.63) is 59.7 Å². The number of amides is 2. The van der Waals surface area contributed by atoms with Gasteiger partial charge >= 0.3 is 0 Å². The lowest BCUT2D eigenvalue weighted by Crippen LogP contribution is -2.42. The van der Waals surface area contributed by atoms with Gasteiger partial charge in [0.2, 0.25) is 15.9 Å². The van der Waals surface area contributed by atoms with Gasteiger partial charge in [0.15, 0.2) is 0 Å². The van der Waals surface area contributed by atoms with Crippen molar-refractivity contribution in [2.75, 3.05) is 6.54 Å². The smallest absolute Gasteiger partial charge is 0.269 e. The van der Waals surface area contributed by atoms with Crippen molar-refractivity contribution < 1.29 is 22.7 Å². The number of hydrogen-bond donors (Lipinski definition) is 3. The van der Waals surface area contributed by atoms with Crippen LogP contribution >= 0.6 is 0 Å². The van der Waals surface area contributed by atoms with Crippen LogP contribution < -0.4 is 20.3 Å². The van der Waals surface area contributed by atoms with Gasteiger partial charge in [-0.05, 0) is 61.7 Å². The first kappa shape index (κ1) is 24.4. The minimum absolute atomic E-state index is 0.0239. The van der Waals surface area contributed by atoms with E-state index in [9.17, 15) is 18.0 Å². The third-order valence-corrected chi connectivity index (χ3v) is 5.78. The number of hydrazine groups is 1. The van der Waals surface area contributed by atoms with Gasteiger partial charge in [-0.2, -0.15) is 0 Å². The Morgan fingerprint density at radius 1 is 0.903 bits per heavy atom. The molecule has 0 bridgehead atoms. The van der Waals surface area contributed by atoms with Gasteiger partial charge in [-0.3, -0.25) is 20.4 Å². The Balaban J connectivity index is 1.78. The number of carbonyl (C=O) groups excluding carboxylic acids is 2. The van der Waals surface area contributed by atoms with E-state index in [1.807, 2.05) is 27.7 Å². The SMILES string of the molecule is CC(C)Oc1ccc(C(=O)NNC(=O)CCNS(=O)(=O)c2ccc(C(C)C)cc2)cc1. The van der Waals surface area contributed by atoms with Crippen LogP contribution in [0.1, 0.15) is 56.0 Å². The lowest BCUT2D eigenvalue weighted by molar-refractivity contribution is -0.121. The van der Waals surface area contributed by atoms with Crippen LogP contribution in [0.15, 0.2) is 53.4 Å². The quantitative estimate of drug-likeness (QED) is 0.512. The maximum atomic E-state index is 12.3. The summed E-state index contributed by atoms with van der Waals surface area (Å²) in [4.78, 5) is 24.1. The van der Waals surface area contributed by atoms with Crippen LogP contribution in [0.25, 0.3) is 0 Å². The molecule has 2 amide bonds. The normalized spacial score (nSPS) is 11.4. The summed E-state index contributed by atoms with van der Waals surface area (Å²) in [7, 11) is -3.71. The van der Waals surface area contributed by atoms with Gasteiger partial charge in [-0.1, -0.05) is 26.0 Å². The van der Waals surface area contributed by atoms with E-state index in [2.05, 4.69) is 15.6 Å². The molecule has 0 saturated heterocycles. The molecule has 31 heavy (non-hydrogen) atoms. The van der Waals surface area contributed by atoms with Crippen LogP contribution in [0.2, 0.25) is 0 Å². The second-order valence-electron chi connectivity index (χ2n) is 7.56. The molecule has 0 atom stereocenters. The molecule has 168 valence electrons. The molecule has 2 aromatic rings. The number of sulfonamides is 1. The first-order valence-electron chi connectivity index (χ1n) is 10.0. The fourth-order valence-electron chi connectivity index (χ4n) is 2.63. The molecule has 9 heteroatoms. The van der Waals surface area contributed by atoms with Gasteiger partial charge in [-0.15, -0.1) is 0 Å². The molecule has 3 N–H and O–H groups in total. The lowest BCUT2D eigenvalue weighted by Gasteiger charge is -2.11. The second-order valence-corrected chi connectivity index (χ2v) is 9.33. The highest BCUT2D eigenvalue weighted by molar-refractivity contribution is 7.89. The third-order valence-electron chi connectivity index (χ3n) is 4.30.